The molecule has 1 atom stereocenters. The van der Waals surface area contributed by atoms with E-state index in [4.69, 9.17) is 16.3 Å². The van der Waals surface area contributed by atoms with E-state index < -0.39 is 30.1 Å². The number of ether oxygens (including phenoxy) is 2. The highest BCUT2D eigenvalue weighted by Crippen LogP contribution is 2.40. The molecule has 3 heterocycles. The summed E-state index contributed by atoms with van der Waals surface area (Å²) < 4.78 is 37.9. The third-order valence-corrected chi connectivity index (χ3v) is 5.30. The summed E-state index contributed by atoms with van der Waals surface area (Å²) in [4.78, 5) is 30.0. The number of nitrogens with zero attached hydrogens (tertiary/aromatic N) is 4. The van der Waals surface area contributed by atoms with Gasteiger partial charge in [0, 0.05) is 30.4 Å². The summed E-state index contributed by atoms with van der Waals surface area (Å²) >= 11 is 5.99. The van der Waals surface area contributed by atoms with E-state index in [0.717, 1.165) is 17.5 Å². The quantitative estimate of drug-likeness (QED) is 0.505. The second kappa shape index (κ2) is 8.86. The van der Waals surface area contributed by atoms with Gasteiger partial charge in [0.25, 0.3) is 0 Å². The molecule has 0 aromatic carbocycles. The number of hydrogen-bond acceptors (Lipinski definition) is 6. The van der Waals surface area contributed by atoms with Gasteiger partial charge >= 0.3 is 12.7 Å². The topological polar surface area (TPSA) is 99.8 Å². The SMILES string of the molecule is CC(C(=O)Nc1cc(C2CC2)nn1C(=O)OC(C)(C)C)c1cn2cc(Cl)cc(OC(F)F)c2n1. The highest BCUT2D eigenvalue weighted by molar-refractivity contribution is 6.30. The predicted octanol–water partition coefficient (Wildman–Crippen LogP) is 5.19. The summed E-state index contributed by atoms with van der Waals surface area (Å²) in [6.45, 7) is 3.74. The van der Waals surface area contributed by atoms with Crippen LogP contribution in [0.3, 0.4) is 0 Å². The summed E-state index contributed by atoms with van der Waals surface area (Å²) in [5.74, 6) is -1.06. The first-order valence-electron chi connectivity index (χ1n) is 10.7. The van der Waals surface area contributed by atoms with Gasteiger partial charge in [-0.3, -0.25) is 4.79 Å². The van der Waals surface area contributed by atoms with Crippen LogP contribution in [-0.4, -0.2) is 43.4 Å². The summed E-state index contributed by atoms with van der Waals surface area (Å²) in [7, 11) is 0. The third-order valence-electron chi connectivity index (χ3n) is 5.10. The molecule has 34 heavy (non-hydrogen) atoms. The first-order chi connectivity index (χ1) is 15.9. The molecule has 1 unspecified atom stereocenters. The summed E-state index contributed by atoms with van der Waals surface area (Å²) in [5, 5.41) is 7.21. The van der Waals surface area contributed by atoms with Crippen LogP contribution in [0, 0.1) is 0 Å². The Labute approximate surface area is 199 Å². The van der Waals surface area contributed by atoms with Crippen molar-refractivity contribution in [2.24, 2.45) is 0 Å². The molecular formula is C22H24ClF2N5O4. The van der Waals surface area contributed by atoms with Crippen LogP contribution in [0.5, 0.6) is 5.75 Å². The van der Waals surface area contributed by atoms with Crippen molar-refractivity contribution in [3.63, 3.8) is 0 Å². The van der Waals surface area contributed by atoms with Crippen molar-refractivity contribution in [3.05, 3.63) is 40.9 Å². The van der Waals surface area contributed by atoms with Crippen molar-refractivity contribution < 1.29 is 27.8 Å². The van der Waals surface area contributed by atoms with Crippen LogP contribution in [0.1, 0.15) is 63.8 Å². The zero-order valence-corrected chi connectivity index (χ0v) is 19.8. The largest absolute Gasteiger partial charge is 0.442 e. The molecule has 0 aliphatic heterocycles. The third kappa shape index (κ3) is 5.30. The minimum atomic E-state index is -3.06. The summed E-state index contributed by atoms with van der Waals surface area (Å²) in [6, 6.07) is 2.88. The lowest BCUT2D eigenvalue weighted by Crippen LogP contribution is -2.30. The molecule has 1 amide bonds. The fraction of sp³-hybridized carbons (Fsp3) is 0.455. The van der Waals surface area contributed by atoms with E-state index in [1.807, 2.05) is 0 Å². The minimum Gasteiger partial charge on any atom is -0.442 e. The van der Waals surface area contributed by atoms with E-state index in [1.165, 1.54) is 22.9 Å². The molecule has 0 saturated heterocycles. The lowest BCUT2D eigenvalue weighted by molar-refractivity contribution is -0.117. The molecular weight excluding hydrogens is 472 g/mol. The van der Waals surface area contributed by atoms with Crippen molar-refractivity contribution in [3.8, 4) is 5.75 Å². The maximum absolute atomic E-state index is 13.0. The van der Waals surface area contributed by atoms with Gasteiger partial charge in [0.15, 0.2) is 11.4 Å². The van der Waals surface area contributed by atoms with Gasteiger partial charge in [-0.25, -0.2) is 9.78 Å². The Morgan fingerprint density at radius 1 is 1.24 bits per heavy atom. The van der Waals surface area contributed by atoms with Gasteiger partial charge in [-0.15, -0.1) is 4.68 Å². The second-order valence-electron chi connectivity index (χ2n) is 9.13. The molecule has 1 aliphatic rings. The van der Waals surface area contributed by atoms with Crippen LogP contribution >= 0.6 is 11.6 Å². The van der Waals surface area contributed by atoms with E-state index in [0.29, 0.717) is 11.4 Å². The number of imidazole rings is 1. The number of alkyl halides is 2. The molecule has 1 N–H and O–H groups in total. The molecule has 1 fully saturated rings. The highest BCUT2D eigenvalue weighted by Gasteiger charge is 2.31. The van der Waals surface area contributed by atoms with Crippen LogP contribution in [0.4, 0.5) is 19.4 Å². The molecule has 12 heteroatoms. The lowest BCUT2D eigenvalue weighted by atomic mass is 10.1. The van der Waals surface area contributed by atoms with Gasteiger partial charge in [-0.05, 0) is 40.5 Å². The minimum absolute atomic E-state index is 0.0918. The van der Waals surface area contributed by atoms with Crippen LogP contribution < -0.4 is 10.1 Å². The second-order valence-corrected chi connectivity index (χ2v) is 9.57. The number of carbonyl (C=O) groups is 2. The number of rotatable bonds is 6. The van der Waals surface area contributed by atoms with Crippen molar-refractivity contribution >= 4 is 35.1 Å². The maximum atomic E-state index is 13.0. The number of amides is 1. The number of nitrogens with one attached hydrogen (secondary N) is 1. The molecule has 3 aromatic rings. The lowest BCUT2D eigenvalue weighted by Gasteiger charge is -2.20. The smallest absolute Gasteiger partial charge is 0.437 e. The fourth-order valence-corrected chi connectivity index (χ4v) is 3.53. The van der Waals surface area contributed by atoms with E-state index >= 15 is 0 Å². The highest BCUT2D eigenvalue weighted by atomic mass is 35.5. The number of pyridine rings is 1. The molecule has 1 aliphatic carbocycles. The summed E-state index contributed by atoms with van der Waals surface area (Å²) in [6.07, 6.45) is 4.18. The first kappa shape index (κ1) is 23.9. The molecule has 0 radical (unpaired) electrons. The number of hydrogen-bond donors (Lipinski definition) is 1. The normalized spacial score (nSPS) is 14.9. The van der Waals surface area contributed by atoms with Gasteiger partial charge < -0.3 is 19.2 Å². The van der Waals surface area contributed by atoms with E-state index in [9.17, 15) is 18.4 Å². The summed E-state index contributed by atoms with van der Waals surface area (Å²) in [5.41, 5.74) is 0.344. The fourth-order valence-electron chi connectivity index (χ4n) is 3.32. The van der Waals surface area contributed by atoms with Crippen molar-refractivity contribution in [1.82, 2.24) is 19.2 Å². The van der Waals surface area contributed by atoms with Crippen LogP contribution in [0.25, 0.3) is 5.65 Å². The van der Waals surface area contributed by atoms with Gasteiger partial charge in [0.2, 0.25) is 5.91 Å². The number of fused-ring (bicyclic) bond motifs is 1. The molecule has 4 rings (SSSR count). The van der Waals surface area contributed by atoms with E-state index in [1.54, 1.807) is 33.8 Å². The zero-order valence-electron chi connectivity index (χ0n) is 19.0. The molecule has 1 saturated carbocycles. The predicted molar refractivity (Wildman–Crippen MR) is 120 cm³/mol. The van der Waals surface area contributed by atoms with Crippen molar-refractivity contribution in [1.29, 1.82) is 0 Å². The number of halogens is 3. The Kier molecular flexibility index (Phi) is 6.24. The Hall–Kier alpha value is -3.21. The van der Waals surface area contributed by atoms with Crippen LogP contribution in [0.2, 0.25) is 5.02 Å². The van der Waals surface area contributed by atoms with Crippen LogP contribution in [-0.2, 0) is 9.53 Å². The Bertz CT molecular complexity index is 1250. The van der Waals surface area contributed by atoms with Gasteiger partial charge in [-0.1, -0.05) is 11.6 Å². The average Bonchev–Trinajstić information content (AvgIpc) is 3.33. The zero-order chi connectivity index (χ0) is 24.8. The maximum Gasteiger partial charge on any atom is 0.437 e. The molecule has 9 nitrogen and oxygen atoms in total. The van der Waals surface area contributed by atoms with E-state index in [2.05, 4.69) is 20.1 Å². The van der Waals surface area contributed by atoms with Crippen LogP contribution in [0.15, 0.2) is 24.5 Å². The Morgan fingerprint density at radius 3 is 2.56 bits per heavy atom. The Morgan fingerprint density at radius 2 is 1.94 bits per heavy atom. The van der Waals surface area contributed by atoms with Gasteiger partial charge in [0.1, 0.15) is 11.4 Å². The standard InChI is InChI=1S/C22H24ClF2N5O4/c1-11(15-10-29-9-13(23)7-16(18(29)26-15)33-20(24)25)19(31)27-17-8-14(12-5-6-12)28-30(17)21(32)34-22(2,3)4/h7-12,20H,5-6H2,1-4H3,(H,27,31). The van der Waals surface area contributed by atoms with Gasteiger partial charge in [0.05, 0.1) is 22.3 Å². The molecule has 0 spiro atoms. The number of anilines is 1. The molecule has 0 bridgehead atoms. The number of aromatic nitrogens is 4. The molecule has 182 valence electrons. The van der Waals surface area contributed by atoms with Crippen molar-refractivity contribution in [2.75, 3.05) is 5.32 Å². The Balaban J connectivity index is 1.59. The number of carbonyl (C=O) groups excluding carboxylic acids is 2. The average molecular weight is 496 g/mol. The molecule has 3 aromatic heterocycles. The van der Waals surface area contributed by atoms with E-state index in [-0.39, 0.29) is 28.2 Å². The van der Waals surface area contributed by atoms with Gasteiger partial charge in [-0.2, -0.15) is 13.9 Å². The van der Waals surface area contributed by atoms with Crippen molar-refractivity contribution in [2.45, 2.75) is 64.6 Å². The monoisotopic (exact) mass is 495 g/mol. The first-order valence-corrected chi connectivity index (χ1v) is 11.1.